The molecule has 35 heavy (non-hydrogen) atoms. The highest BCUT2D eigenvalue weighted by atomic mass is 79.9. The first kappa shape index (κ1) is 26.4. The Morgan fingerprint density at radius 2 is 1.86 bits per heavy atom. The van der Waals surface area contributed by atoms with Crippen LogP contribution in [0.4, 0.5) is 11.4 Å². The van der Waals surface area contributed by atoms with Gasteiger partial charge in [0.25, 0.3) is 5.91 Å². The number of nitriles is 1. The Balaban J connectivity index is 0.000000795. The van der Waals surface area contributed by atoms with Gasteiger partial charge in [-0.3, -0.25) is 9.10 Å². The number of aromatic carboxylic acids is 1. The number of carboxylic acids is 1. The minimum atomic E-state index is -1.42. The highest BCUT2D eigenvalue weighted by Crippen LogP contribution is 2.33. The largest absolute Gasteiger partial charge is 0.478 e. The molecule has 180 valence electrons. The van der Waals surface area contributed by atoms with Crippen LogP contribution < -0.4 is 9.62 Å². The van der Waals surface area contributed by atoms with Gasteiger partial charge < -0.3 is 10.4 Å². The second-order valence-corrected chi connectivity index (χ2v) is 10.1. The van der Waals surface area contributed by atoms with Crippen molar-refractivity contribution in [1.29, 1.82) is 5.26 Å². The van der Waals surface area contributed by atoms with Gasteiger partial charge >= 0.3 is 5.97 Å². The van der Waals surface area contributed by atoms with Gasteiger partial charge in [-0.05, 0) is 72.6 Å². The molecule has 10 heteroatoms. The van der Waals surface area contributed by atoms with Crippen LogP contribution in [0.3, 0.4) is 0 Å². The Morgan fingerprint density at radius 1 is 1.17 bits per heavy atom. The average molecular weight is 575 g/mol. The van der Waals surface area contributed by atoms with E-state index in [4.69, 9.17) is 16.9 Å². The van der Waals surface area contributed by atoms with Crippen molar-refractivity contribution in [2.24, 2.45) is 0 Å². The van der Waals surface area contributed by atoms with E-state index in [-0.39, 0.29) is 11.3 Å². The molecule has 2 N–H and O–H groups in total. The molecule has 0 aromatic heterocycles. The number of anilines is 2. The fourth-order valence-electron chi connectivity index (χ4n) is 3.36. The number of nitrogens with zero attached hydrogens (tertiary/aromatic N) is 2. The molecular weight excluding hydrogens is 554 g/mol. The third-order valence-electron chi connectivity index (χ3n) is 5.03. The standard InChI is InChI=1S/C22H16BrClN2O4S.C3H5N/c23-15-3-7-19(18(12-15)22(28)29)25-21(27)13-1-5-17(6-2-13)31(30)26-10-9-14-11-16(24)4-8-20(14)26;1-2-3-4/h1-8,11-12H,9-10H2,(H,25,27)(H,28,29);2H2,1H3. The van der Waals surface area contributed by atoms with Gasteiger partial charge in [-0.1, -0.05) is 34.5 Å². The molecular formula is C25H21BrClN3O4S. The maximum Gasteiger partial charge on any atom is 0.337 e. The van der Waals surface area contributed by atoms with Crippen LogP contribution in [-0.4, -0.2) is 27.7 Å². The van der Waals surface area contributed by atoms with Gasteiger partial charge in [0.1, 0.15) is 0 Å². The molecule has 0 spiro atoms. The van der Waals surface area contributed by atoms with Crippen molar-refractivity contribution in [3.05, 3.63) is 86.8 Å². The molecule has 0 aliphatic carbocycles. The number of nitrogens with one attached hydrogen (secondary N) is 1. The minimum absolute atomic E-state index is 0.0201. The van der Waals surface area contributed by atoms with Crippen LogP contribution in [0.2, 0.25) is 5.02 Å². The average Bonchev–Trinajstić information content (AvgIpc) is 3.27. The Hall–Kier alpha value is -3.19. The van der Waals surface area contributed by atoms with E-state index in [0.29, 0.717) is 32.9 Å². The molecule has 0 bridgehead atoms. The van der Waals surface area contributed by atoms with Gasteiger partial charge in [0.2, 0.25) is 0 Å². The summed E-state index contributed by atoms with van der Waals surface area (Å²) in [7, 11) is -1.42. The highest BCUT2D eigenvalue weighted by Gasteiger charge is 2.25. The van der Waals surface area contributed by atoms with E-state index in [1.165, 1.54) is 12.1 Å². The predicted octanol–water partition coefficient (Wildman–Crippen LogP) is 6.06. The van der Waals surface area contributed by atoms with E-state index in [0.717, 1.165) is 17.7 Å². The number of hydrogen-bond donors (Lipinski definition) is 2. The maximum atomic E-state index is 13.1. The third kappa shape index (κ3) is 6.48. The molecule has 1 atom stereocenters. The van der Waals surface area contributed by atoms with Gasteiger partial charge in [-0.25, -0.2) is 9.00 Å². The van der Waals surface area contributed by atoms with E-state index in [1.807, 2.05) is 29.4 Å². The summed E-state index contributed by atoms with van der Waals surface area (Å²) in [6, 6.07) is 18.5. The lowest BCUT2D eigenvalue weighted by Crippen LogP contribution is -2.23. The summed E-state index contributed by atoms with van der Waals surface area (Å²) in [6.45, 7) is 2.44. The maximum absolute atomic E-state index is 13.1. The van der Waals surface area contributed by atoms with E-state index in [9.17, 15) is 18.9 Å². The van der Waals surface area contributed by atoms with Crippen LogP contribution in [0.25, 0.3) is 0 Å². The molecule has 7 nitrogen and oxygen atoms in total. The topological polar surface area (TPSA) is 111 Å². The first-order chi connectivity index (χ1) is 16.7. The Morgan fingerprint density at radius 3 is 2.49 bits per heavy atom. The number of amides is 1. The third-order valence-corrected chi connectivity index (χ3v) is 7.21. The fourth-order valence-corrected chi connectivity index (χ4v) is 5.15. The molecule has 0 saturated carbocycles. The summed E-state index contributed by atoms with van der Waals surface area (Å²) in [5.74, 6) is -1.60. The fraction of sp³-hybridized carbons (Fsp3) is 0.160. The van der Waals surface area contributed by atoms with Crippen molar-refractivity contribution in [3.8, 4) is 6.07 Å². The summed E-state index contributed by atoms with van der Waals surface area (Å²) in [4.78, 5) is 24.6. The molecule has 4 rings (SSSR count). The zero-order valence-electron chi connectivity index (χ0n) is 18.6. The van der Waals surface area contributed by atoms with Crippen LogP contribution in [0.15, 0.2) is 70.0 Å². The number of fused-ring (bicyclic) bond motifs is 1. The number of carbonyl (C=O) groups excluding carboxylic acids is 1. The smallest absolute Gasteiger partial charge is 0.337 e. The number of carboxylic acid groups (broad SMARTS) is 1. The predicted molar refractivity (Wildman–Crippen MR) is 140 cm³/mol. The number of rotatable bonds is 5. The monoisotopic (exact) mass is 573 g/mol. The lowest BCUT2D eigenvalue weighted by molar-refractivity contribution is 0.0698. The Bertz CT molecular complexity index is 1330. The van der Waals surface area contributed by atoms with Crippen LogP contribution in [0.1, 0.15) is 39.6 Å². The second kappa shape index (κ2) is 12.0. The second-order valence-electron chi connectivity index (χ2n) is 7.36. The zero-order valence-corrected chi connectivity index (χ0v) is 21.8. The molecule has 1 unspecified atom stereocenters. The van der Waals surface area contributed by atoms with Crippen LogP contribution >= 0.6 is 27.5 Å². The van der Waals surface area contributed by atoms with Gasteiger partial charge in [-0.2, -0.15) is 5.26 Å². The quantitative estimate of drug-likeness (QED) is 0.385. The van der Waals surface area contributed by atoms with Gasteiger partial charge in [0.05, 0.1) is 27.9 Å². The molecule has 3 aromatic carbocycles. The van der Waals surface area contributed by atoms with Crippen molar-refractivity contribution in [2.75, 3.05) is 16.2 Å². The summed E-state index contributed by atoms with van der Waals surface area (Å²) >= 11 is 9.26. The number of hydrogen-bond acceptors (Lipinski definition) is 4. The summed E-state index contributed by atoms with van der Waals surface area (Å²) < 4.78 is 15.5. The lowest BCUT2D eigenvalue weighted by Gasteiger charge is -2.18. The Labute approximate surface area is 219 Å². The lowest BCUT2D eigenvalue weighted by atomic mass is 10.1. The van der Waals surface area contributed by atoms with Gasteiger partial charge in [0.15, 0.2) is 11.0 Å². The van der Waals surface area contributed by atoms with E-state index in [1.54, 1.807) is 36.4 Å². The number of benzene rings is 3. The van der Waals surface area contributed by atoms with Gasteiger partial charge in [0, 0.05) is 28.0 Å². The highest BCUT2D eigenvalue weighted by molar-refractivity contribution is 9.10. The molecule has 0 fully saturated rings. The zero-order chi connectivity index (χ0) is 25.5. The van der Waals surface area contributed by atoms with Crippen molar-refractivity contribution in [2.45, 2.75) is 24.7 Å². The summed E-state index contributed by atoms with van der Waals surface area (Å²) in [5.41, 5.74) is 2.45. The first-order valence-corrected chi connectivity index (χ1v) is 12.8. The SMILES string of the molecule is CCC#N.O=C(Nc1ccc(Br)cc1C(=O)O)c1ccc(S(=O)N2CCc3cc(Cl)ccc32)cc1. The minimum Gasteiger partial charge on any atom is -0.478 e. The normalized spacial score (nSPS) is 12.6. The molecule has 1 aliphatic heterocycles. The molecule has 1 aliphatic rings. The summed E-state index contributed by atoms with van der Waals surface area (Å²) in [5, 5.41) is 20.2. The van der Waals surface area contributed by atoms with E-state index in [2.05, 4.69) is 21.2 Å². The van der Waals surface area contributed by atoms with E-state index >= 15 is 0 Å². The number of halogens is 2. The molecule has 0 radical (unpaired) electrons. The van der Waals surface area contributed by atoms with Crippen molar-refractivity contribution < 1.29 is 18.9 Å². The van der Waals surface area contributed by atoms with Crippen LogP contribution in [0, 0.1) is 11.3 Å². The Kier molecular flexibility index (Phi) is 9.04. The van der Waals surface area contributed by atoms with Crippen LogP contribution in [0.5, 0.6) is 0 Å². The first-order valence-electron chi connectivity index (χ1n) is 10.5. The summed E-state index contributed by atoms with van der Waals surface area (Å²) in [6.07, 6.45) is 1.39. The molecule has 3 aromatic rings. The van der Waals surface area contributed by atoms with Crippen molar-refractivity contribution in [3.63, 3.8) is 0 Å². The van der Waals surface area contributed by atoms with Crippen molar-refractivity contribution >= 4 is 61.8 Å². The number of carbonyl (C=O) groups is 2. The van der Waals surface area contributed by atoms with Crippen molar-refractivity contribution in [1.82, 2.24) is 0 Å². The van der Waals surface area contributed by atoms with E-state index < -0.39 is 22.9 Å². The molecule has 1 heterocycles. The molecule has 1 amide bonds. The van der Waals surface area contributed by atoms with Crippen LogP contribution in [-0.2, 0) is 17.4 Å². The van der Waals surface area contributed by atoms with Gasteiger partial charge in [-0.15, -0.1) is 0 Å². The molecule has 0 saturated heterocycles.